The van der Waals surface area contributed by atoms with Crippen LogP contribution in [0, 0.1) is 13.8 Å². The molecule has 0 atom stereocenters. The fourth-order valence-corrected chi connectivity index (χ4v) is 3.42. The average Bonchev–Trinajstić information content (AvgIpc) is 3.13. The number of ether oxygens (including phenoxy) is 1. The molecule has 2 saturated heterocycles. The molecule has 27 heavy (non-hydrogen) atoms. The monoisotopic (exact) mass is 372 g/mol. The summed E-state index contributed by atoms with van der Waals surface area (Å²) in [5, 5.41) is 3.70. The number of piperazine rings is 1. The summed E-state index contributed by atoms with van der Waals surface area (Å²) < 4.78 is 10.4. The molecule has 0 aromatic carbocycles. The molecule has 2 fully saturated rings. The Balaban J connectivity index is 1.44. The Morgan fingerprint density at radius 1 is 1.00 bits per heavy atom. The maximum absolute atomic E-state index is 12.6. The van der Waals surface area contributed by atoms with Crippen LogP contribution in [0.2, 0.25) is 0 Å². The number of hydrogen-bond donors (Lipinski definition) is 0. The van der Waals surface area contributed by atoms with Crippen LogP contribution in [0.5, 0.6) is 0 Å². The first-order valence-corrected chi connectivity index (χ1v) is 9.26. The predicted octanol–water partition coefficient (Wildman–Crippen LogP) is 0.880. The van der Waals surface area contributed by atoms with Gasteiger partial charge in [0, 0.05) is 51.0 Å². The van der Waals surface area contributed by atoms with Gasteiger partial charge in [-0.1, -0.05) is 5.16 Å². The number of hydrogen-bond acceptors (Lipinski definition) is 8. The van der Waals surface area contributed by atoms with E-state index in [0.717, 1.165) is 43.6 Å². The van der Waals surface area contributed by atoms with Crippen molar-refractivity contribution in [1.82, 2.24) is 20.0 Å². The maximum atomic E-state index is 12.6. The first kappa shape index (κ1) is 17.7. The first-order valence-electron chi connectivity index (χ1n) is 9.26. The molecule has 0 unspecified atom stereocenters. The van der Waals surface area contributed by atoms with Crippen molar-refractivity contribution < 1.29 is 14.1 Å². The van der Waals surface area contributed by atoms with E-state index >= 15 is 0 Å². The van der Waals surface area contributed by atoms with Crippen molar-refractivity contribution in [2.24, 2.45) is 0 Å². The molecule has 144 valence electrons. The predicted molar refractivity (Wildman–Crippen MR) is 99.2 cm³/mol. The van der Waals surface area contributed by atoms with E-state index in [0.29, 0.717) is 37.6 Å². The Kier molecular flexibility index (Phi) is 4.93. The molecular weight excluding hydrogens is 348 g/mol. The number of aryl methyl sites for hydroxylation is 2. The number of anilines is 2. The van der Waals surface area contributed by atoms with Gasteiger partial charge in [-0.3, -0.25) is 4.79 Å². The van der Waals surface area contributed by atoms with Crippen molar-refractivity contribution in [3.8, 4) is 0 Å². The Bertz CT molecular complexity index is 809. The van der Waals surface area contributed by atoms with E-state index in [9.17, 15) is 4.79 Å². The number of carbonyl (C=O) groups excluding carboxylic acids is 1. The van der Waals surface area contributed by atoms with Gasteiger partial charge in [-0.25, -0.2) is 4.98 Å². The molecule has 2 aromatic rings. The summed E-state index contributed by atoms with van der Waals surface area (Å²) in [6.45, 7) is 9.51. The molecule has 0 N–H and O–H groups in total. The lowest BCUT2D eigenvalue weighted by Crippen LogP contribution is -2.49. The number of nitrogens with zero attached hydrogens (tertiary/aromatic N) is 6. The minimum atomic E-state index is -0.0266. The lowest BCUT2D eigenvalue weighted by atomic mass is 10.2. The highest BCUT2D eigenvalue weighted by Gasteiger charge is 2.26. The zero-order chi connectivity index (χ0) is 18.8. The van der Waals surface area contributed by atoms with Crippen LogP contribution in [0.3, 0.4) is 0 Å². The molecule has 1 amide bonds. The molecule has 9 nitrogen and oxygen atoms in total. The van der Waals surface area contributed by atoms with Crippen LogP contribution in [-0.2, 0) is 4.74 Å². The lowest BCUT2D eigenvalue weighted by molar-refractivity contribution is 0.0744. The molecule has 2 aliphatic rings. The second-order valence-corrected chi connectivity index (χ2v) is 6.84. The summed E-state index contributed by atoms with van der Waals surface area (Å²) in [5.41, 5.74) is 1.48. The van der Waals surface area contributed by atoms with Crippen molar-refractivity contribution in [3.63, 3.8) is 0 Å². The van der Waals surface area contributed by atoms with Crippen molar-refractivity contribution >= 4 is 17.7 Å². The lowest BCUT2D eigenvalue weighted by Gasteiger charge is -2.36. The first-order chi connectivity index (χ1) is 13.1. The van der Waals surface area contributed by atoms with Crippen LogP contribution in [0.25, 0.3) is 0 Å². The molecule has 0 aliphatic carbocycles. The number of morpholine rings is 1. The van der Waals surface area contributed by atoms with Crippen LogP contribution in [-0.4, -0.2) is 78.4 Å². The quantitative estimate of drug-likeness (QED) is 0.785. The summed E-state index contributed by atoms with van der Waals surface area (Å²) in [5.74, 6) is 2.20. The molecular formula is C18H24N6O3. The van der Waals surface area contributed by atoms with E-state index in [1.54, 1.807) is 6.92 Å². The minimum Gasteiger partial charge on any atom is -0.378 e. The van der Waals surface area contributed by atoms with Crippen molar-refractivity contribution in [2.45, 2.75) is 13.8 Å². The second-order valence-electron chi connectivity index (χ2n) is 6.84. The third-order valence-corrected chi connectivity index (χ3v) is 4.99. The summed E-state index contributed by atoms with van der Waals surface area (Å²) in [4.78, 5) is 28.2. The van der Waals surface area contributed by atoms with Gasteiger partial charge < -0.3 is 24.0 Å². The van der Waals surface area contributed by atoms with E-state index in [1.165, 1.54) is 6.20 Å². The number of rotatable bonds is 3. The Labute approximate surface area is 157 Å². The minimum absolute atomic E-state index is 0.0266. The van der Waals surface area contributed by atoms with Crippen LogP contribution < -0.4 is 9.80 Å². The van der Waals surface area contributed by atoms with E-state index in [1.807, 2.05) is 17.9 Å². The molecule has 4 heterocycles. The van der Waals surface area contributed by atoms with Gasteiger partial charge in [-0.2, -0.15) is 4.98 Å². The highest BCUT2D eigenvalue weighted by molar-refractivity contribution is 5.94. The molecule has 9 heteroatoms. The van der Waals surface area contributed by atoms with Gasteiger partial charge in [-0.05, 0) is 13.8 Å². The Hall–Kier alpha value is -2.68. The van der Waals surface area contributed by atoms with E-state index < -0.39 is 0 Å². The standard InChI is InChI=1S/C18H24N6O3/c1-13-11-16(21-18(20-13)24-7-9-26-10-8-24)22-3-5-23(6-4-22)17(25)15-12-19-27-14(15)2/h11-12H,3-10H2,1-2H3. The molecule has 0 bridgehead atoms. The third kappa shape index (κ3) is 3.73. The van der Waals surface area contributed by atoms with Gasteiger partial charge in [0.05, 0.1) is 19.4 Å². The SMILES string of the molecule is Cc1cc(N2CCN(C(=O)c3cnoc3C)CC2)nc(N2CCOCC2)n1. The van der Waals surface area contributed by atoms with Crippen LogP contribution in [0.4, 0.5) is 11.8 Å². The van der Waals surface area contributed by atoms with E-state index in [2.05, 4.69) is 19.9 Å². The summed E-state index contributed by atoms with van der Waals surface area (Å²) >= 11 is 0. The fraction of sp³-hybridized carbons (Fsp3) is 0.556. The van der Waals surface area contributed by atoms with Crippen LogP contribution in [0.1, 0.15) is 21.8 Å². The highest BCUT2D eigenvalue weighted by atomic mass is 16.5. The normalized spacial score (nSPS) is 18.1. The number of amides is 1. The molecule has 4 rings (SSSR count). The second kappa shape index (κ2) is 7.51. The van der Waals surface area contributed by atoms with Gasteiger partial charge in [-0.15, -0.1) is 0 Å². The molecule has 0 radical (unpaired) electrons. The van der Waals surface area contributed by atoms with Gasteiger partial charge in [0.15, 0.2) is 0 Å². The molecule has 2 aromatic heterocycles. The zero-order valence-corrected chi connectivity index (χ0v) is 15.7. The number of carbonyl (C=O) groups is 1. The van der Waals surface area contributed by atoms with Gasteiger partial charge in [0.25, 0.3) is 5.91 Å². The Morgan fingerprint density at radius 3 is 2.41 bits per heavy atom. The van der Waals surface area contributed by atoms with Crippen LogP contribution in [0.15, 0.2) is 16.8 Å². The molecule has 2 aliphatic heterocycles. The van der Waals surface area contributed by atoms with Gasteiger partial charge >= 0.3 is 0 Å². The smallest absolute Gasteiger partial charge is 0.259 e. The van der Waals surface area contributed by atoms with Crippen molar-refractivity contribution in [1.29, 1.82) is 0 Å². The van der Waals surface area contributed by atoms with Crippen molar-refractivity contribution in [3.05, 3.63) is 29.3 Å². The maximum Gasteiger partial charge on any atom is 0.259 e. The third-order valence-electron chi connectivity index (χ3n) is 4.99. The molecule has 0 saturated carbocycles. The molecule has 0 spiro atoms. The number of aromatic nitrogens is 3. The Morgan fingerprint density at radius 2 is 1.74 bits per heavy atom. The summed E-state index contributed by atoms with van der Waals surface area (Å²) in [6.07, 6.45) is 1.49. The topological polar surface area (TPSA) is 87.8 Å². The highest BCUT2D eigenvalue weighted by Crippen LogP contribution is 2.20. The van der Waals surface area contributed by atoms with E-state index in [-0.39, 0.29) is 5.91 Å². The largest absolute Gasteiger partial charge is 0.378 e. The van der Waals surface area contributed by atoms with Gasteiger partial charge in [0.1, 0.15) is 17.1 Å². The van der Waals surface area contributed by atoms with Crippen LogP contribution >= 0.6 is 0 Å². The fourth-order valence-electron chi connectivity index (χ4n) is 3.42. The summed E-state index contributed by atoms with van der Waals surface area (Å²) in [6, 6.07) is 2.01. The van der Waals surface area contributed by atoms with Gasteiger partial charge in [0.2, 0.25) is 5.95 Å². The summed E-state index contributed by atoms with van der Waals surface area (Å²) in [7, 11) is 0. The average molecular weight is 372 g/mol. The zero-order valence-electron chi connectivity index (χ0n) is 15.7. The van der Waals surface area contributed by atoms with Crippen molar-refractivity contribution in [2.75, 3.05) is 62.3 Å². The van der Waals surface area contributed by atoms with E-state index in [4.69, 9.17) is 14.2 Å².